The Hall–Kier alpha value is 0.100. The second-order valence-electron chi connectivity index (χ2n) is 4.99. The number of hydrogen-bond acceptors (Lipinski definition) is 3. The van der Waals surface area contributed by atoms with Gasteiger partial charge in [-0.25, -0.2) is 0 Å². The van der Waals surface area contributed by atoms with E-state index in [0.29, 0.717) is 0 Å². The molecule has 2 fully saturated rings. The van der Waals surface area contributed by atoms with E-state index < -0.39 is 0 Å². The molecule has 88 valence electrons. The highest BCUT2D eigenvalue weighted by atomic mass is 79.9. The molecule has 16 heavy (non-hydrogen) atoms. The van der Waals surface area contributed by atoms with Crippen molar-refractivity contribution in [3.8, 4) is 0 Å². The van der Waals surface area contributed by atoms with Gasteiger partial charge in [-0.3, -0.25) is 4.90 Å². The van der Waals surface area contributed by atoms with Crippen molar-refractivity contribution in [1.82, 2.24) is 10.2 Å². The molecule has 1 aromatic rings. The molecule has 3 heterocycles. The Labute approximate surface area is 109 Å². The van der Waals surface area contributed by atoms with Crippen molar-refractivity contribution in [1.29, 1.82) is 0 Å². The monoisotopic (exact) mass is 300 g/mol. The van der Waals surface area contributed by atoms with E-state index in [4.69, 9.17) is 0 Å². The lowest BCUT2D eigenvalue weighted by Gasteiger charge is -2.15. The number of likely N-dealkylation sites (tertiary alicyclic amines) is 1. The summed E-state index contributed by atoms with van der Waals surface area (Å²) >= 11 is 5.52. The molecule has 0 aliphatic carbocycles. The normalized spacial score (nSPS) is 29.9. The number of thiophene rings is 1. The molecular formula is C12H17BrN2S. The first kappa shape index (κ1) is 11.2. The van der Waals surface area contributed by atoms with Gasteiger partial charge in [0.25, 0.3) is 0 Å². The smallest absolute Gasteiger partial charge is 0.0328 e. The van der Waals surface area contributed by atoms with E-state index in [1.807, 2.05) is 11.3 Å². The van der Waals surface area contributed by atoms with Crippen molar-refractivity contribution >= 4 is 27.3 Å². The van der Waals surface area contributed by atoms with Gasteiger partial charge in [0.2, 0.25) is 0 Å². The van der Waals surface area contributed by atoms with Gasteiger partial charge in [-0.1, -0.05) is 0 Å². The van der Waals surface area contributed by atoms with Gasteiger partial charge in [0.05, 0.1) is 0 Å². The Bertz CT molecular complexity index is 359. The van der Waals surface area contributed by atoms with Crippen LogP contribution in [0.3, 0.4) is 0 Å². The summed E-state index contributed by atoms with van der Waals surface area (Å²) < 4.78 is 1.27. The van der Waals surface area contributed by atoms with Gasteiger partial charge < -0.3 is 5.32 Å². The Morgan fingerprint density at radius 2 is 2.12 bits per heavy atom. The first-order valence-corrected chi connectivity index (χ1v) is 7.51. The summed E-state index contributed by atoms with van der Waals surface area (Å²) in [6, 6.07) is 2.28. The summed E-state index contributed by atoms with van der Waals surface area (Å²) in [6.45, 7) is 8.35. The first-order valence-electron chi connectivity index (χ1n) is 5.90. The van der Waals surface area contributed by atoms with Crippen molar-refractivity contribution in [2.24, 2.45) is 11.8 Å². The zero-order valence-corrected chi connectivity index (χ0v) is 11.9. The van der Waals surface area contributed by atoms with E-state index >= 15 is 0 Å². The predicted molar refractivity (Wildman–Crippen MR) is 71.9 cm³/mol. The summed E-state index contributed by atoms with van der Waals surface area (Å²) in [5.41, 5.74) is 0. The minimum Gasteiger partial charge on any atom is -0.316 e. The largest absolute Gasteiger partial charge is 0.316 e. The molecule has 0 unspecified atom stereocenters. The van der Waals surface area contributed by atoms with E-state index in [1.165, 1.54) is 40.4 Å². The number of halogens is 1. The number of aryl methyl sites for hydroxylation is 1. The molecule has 0 radical (unpaired) electrons. The highest BCUT2D eigenvalue weighted by Crippen LogP contribution is 2.31. The molecule has 2 nitrogen and oxygen atoms in total. The first-order chi connectivity index (χ1) is 7.72. The Kier molecular flexibility index (Phi) is 3.09. The standard InChI is InChI=1S/C12H17BrN2S/c1-8-12(13)2-11(16-8)7-15-5-9-3-14-4-10(9)6-15/h2,9-10,14H,3-7H2,1H3/t9-,10+. The number of fused-ring (bicyclic) bond motifs is 1. The highest BCUT2D eigenvalue weighted by Gasteiger charge is 2.35. The van der Waals surface area contributed by atoms with E-state index in [1.54, 1.807) is 0 Å². The number of rotatable bonds is 2. The third kappa shape index (κ3) is 2.08. The van der Waals surface area contributed by atoms with Gasteiger partial charge in [0, 0.05) is 33.9 Å². The molecule has 1 aromatic heterocycles. The van der Waals surface area contributed by atoms with Crippen molar-refractivity contribution in [2.75, 3.05) is 26.2 Å². The summed E-state index contributed by atoms with van der Waals surface area (Å²) in [6.07, 6.45) is 0. The average Bonchev–Trinajstić information content (AvgIpc) is 2.83. The van der Waals surface area contributed by atoms with Gasteiger partial charge in [0.15, 0.2) is 0 Å². The van der Waals surface area contributed by atoms with Crippen molar-refractivity contribution in [3.05, 3.63) is 20.3 Å². The minimum atomic E-state index is 0.907. The third-order valence-electron chi connectivity index (χ3n) is 3.75. The minimum absolute atomic E-state index is 0.907. The van der Waals surface area contributed by atoms with Crippen molar-refractivity contribution in [2.45, 2.75) is 13.5 Å². The molecule has 0 amide bonds. The van der Waals surface area contributed by atoms with Gasteiger partial charge in [0.1, 0.15) is 0 Å². The second kappa shape index (κ2) is 4.41. The van der Waals surface area contributed by atoms with Crippen LogP contribution < -0.4 is 5.32 Å². The zero-order valence-electron chi connectivity index (χ0n) is 9.50. The SMILES string of the molecule is Cc1sc(CN2C[C@H]3CNC[C@H]3C2)cc1Br. The topological polar surface area (TPSA) is 15.3 Å². The molecule has 2 aliphatic heterocycles. The maximum absolute atomic E-state index is 3.60. The molecule has 0 saturated carbocycles. The Morgan fingerprint density at radius 3 is 2.69 bits per heavy atom. The number of hydrogen-bond donors (Lipinski definition) is 1. The van der Waals surface area contributed by atoms with Gasteiger partial charge in [-0.15, -0.1) is 11.3 Å². The lowest BCUT2D eigenvalue weighted by molar-refractivity contribution is 0.308. The molecule has 4 heteroatoms. The maximum Gasteiger partial charge on any atom is 0.0328 e. The number of nitrogens with one attached hydrogen (secondary N) is 1. The lowest BCUT2D eigenvalue weighted by atomic mass is 10.0. The second-order valence-corrected chi connectivity index (χ2v) is 7.18. The fraction of sp³-hybridized carbons (Fsp3) is 0.667. The van der Waals surface area contributed by atoms with Crippen LogP contribution in [0.5, 0.6) is 0 Å². The van der Waals surface area contributed by atoms with Crippen LogP contribution in [0.4, 0.5) is 0 Å². The van der Waals surface area contributed by atoms with Crippen molar-refractivity contribution < 1.29 is 0 Å². The van der Waals surface area contributed by atoms with E-state index in [0.717, 1.165) is 18.4 Å². The summed E-state index contributed by atoms with van der Waals surface area (Å²) in [5, 5.41) is 3.49. The molecule has 1 N–H and O–H groups in total. The van der Waals surface area contributed by atoms with Crippen LogP contribution >= 0.6 is 27.3 Å². The molecule has 2 aliphatic rings. The summed E-state index contributed by atoms with van der Waals surface area (Å²) in [4.78, 5) is 5.52. The average molecular weight is 301 g/mol. The fourth-order valence-electron chi connectivity index (χ4n) is 2.90. The van der Waals surface area contributed by atoms with Crippen LogP contribution in [0.15, 0.2) is 10.5 Å². The van der Waals surface area contributed by atoms with Crippen molar-refractivity contribution in [3.63, 3.8) is 0 Å². The van der Waals surface area contributed by atoms with E-state index in [2.05, 4.69) is 39.1 Å². The van der Waals surface area contributed by atoms with Gasteiger partial charge >= 0.3 is 0 Å². The fourth-order valence-corrected chi connectivity index (χ4v) is 4.54. The Balaban J connectivity index is 1.64. The predicted octanol–water partition coefficient (Wildman–Crippen LogP) is 2.47. The zero-order chi connectivity index (χ0) is 11.1. The summed E-state index contributed by atoms with van der Waals surface area (Å²) in [5.74, 6) is 1.81. The quantitative estimate of drug-likeness (QED) is 0.903. The molecule has 2 saturated heterocycles. The van der Waals surface area contributed by atoms with Crippen LogP contribution in [-0.2, 0) is 6.54 Å². The molecule has 0 aromatic carbocycles. The third-order valence-corrected chi connectivity index (χ3v) is 5.87. The highest BCUT2D eigenvalue weighted by molar-refractivity contribution is 9.10. The summed E-state index contributed by atoms with van der Waals surface area (Å²) in [7, 11) is 0. The molecule has 0 spiro atoms. The molecular weight excluding hydrogens is 284 g/mol. The Morgan fingerprint density at radius 1 is 1.44 bits per heavy atom. The van der Waals surface area contributed by atoms with Crippen LogP contribution in [-0.4, -0.2) is 31.1 Å². The number of nitrogens with zero attached hydrogens (tertiary/aromatic N) is 1. The van der Waals surface area contributed by atoms with Crippen LogP contribution in [0.2, 0.25) is 0 Å². The molecule has 0 bridgehead atoms. The van der Waals surface area contributed by atoms with Gasteiger partial charge in [-0.2, -0.15) is 0 Å². The van der Waals surface area contributed by atoms with Crippen LogP contribution in [0.25, 0.3) is 0 Å². The molecule has 2 atom stereocenters. The van der Waals surface area contributed by atoms with E-state index in [9.17, 15) is 0 Å². The maximum atomic E-state index is 3.60. The van der Waals surface area contributed by atoms with Crippen LogP contribution in [0, 0.1) is 18.8 Å². The lowest BCUT2D eigenvalue weighted by Crippen LogP contribution is -2.25. The van der Waals surface area contributed by atoms with Gasteiger partial charge in [-0.05, 0) is 53.8 Å². The van der Waals surface area contributed by atoms with Crippen LogP contribution in [0.1, 0.15) is 9.75 Å². The van der Waals surface area contributed by atoms with E-state index in [-0.39, 0.29) is 0 Å². The molecule has 3 rings (SSSR count).